The number of likely N-dealkylation sites (N-methyl/N-ethyl adjacent to an activating group) is 1. The molecule has 0 aromatic heterocycles. The number of amides is 2. The molecule has 1 aromatic rings. The molecule has 0 fully saturated rings. The Morgan fingerprint density at radius 1 is 1.46 bits per heavy atom. The lowest BCUT2D eigenvalue weighted by molar-refractivity contribution is -0.384. The monoisotopic (exact) mass is 332 g/mol. The molecular weight excluding hydrogens is 316 g/mol. The molecule has 1 atom stereocenters. The molecule has 1 aromatic carbocycles. The molecule has 0 spiro atoms. The molecule has 9 nitrogen and oxygen atoms in total. The Kier molecular flexibility index (Phi) is 3.93. The number of benzene rings is 1. The molecule has 24 heavy (non-hydrogen) atoms. The summed E-state index contributed by atoms with van der Waals surface area (Å²) in [6.07, 6.45) is -0.967. The standard InChI is InChI=1S/C15H16N4O5/c1-14(2,3)24-13(21)17-15(8-16)10-7-9(19(22)23)5-6-11(10)18(4)12(15)20/h5-7H,1-4H3,(H,17,21)/t15-/m0/s1. The van der Waals surface area contributed by atoms with E-state index in [-0.39, 0.29) is 11.3 Å². The Morgan fingerprint density at radius 3 is 2.58 bits per heavy atom. The number of hydrogen-bond donors (Lipinski definition) is 1. The Hall–Kier alpha value is -3.15. The normalized spacial score (nSPS) is 19.5. The zero-order valence-corrected chi connectivity index (χ0v) is 13.6. The first-order chi connectivity index (χ1) is 11.0. The van der Waals surface area contributed by atoms with E-state index in [1.807, 2.05) is 0 Å². The van der Waals surface area contributed by atoms with Crippen molar-refractivity contribution in [2.75, 3.05) is 11.9 Å². The Balaban J connectivity index is 2.53. The van der Waals surface area contributed by atoms with E-state index in [4.69, 9.17) is 4.74 Å². The minimum absolute atomic E-state index is 0.0394. The van der Waals surface area contributed by atoms with Crippen molar-refractivity contribution in [1.29, 1.82) is 5.26 Å². The second-order valence-electron chi connectivity index (χ2n) is 6.31. The van der Waals surface area contributed by atoms with Crippen LogP contribution in [-0.4, -0.2) is 29.6 Å². The summed E-state index contributed by atoms with van der Waals surface area (Å²) in [4.78, 5) is 36.1. The molecule has 126 valence electrons. The van der Waals surface area contributed by atoms with Crippen molar-refractivity contribution >= 4 is 23.4 Å². The molecular formula is C15H16N4O5. The molecule has 0 bridgehead atoms. The minimum atomic E-state index is -2.07. The number of nitrogens with one attached hydrogen (secondary N) is 1. The lowest BCUT2D eigenvalue weighted by atomic mass is 9.92. The predicted octanol–water partition coefficient (Wildman–Crippen LogP) is 1.81. The quantitative estimate of drug-likeness (QED) is 0.650. The molecule has 9 heteroatoms. The van der Waals surface area contributed by atoms with Crippen LogP contribution in [0, 0.1) is 21.4 Å². The van der Waals surface area contributed by atoms with Gasteiger partial charge in [-0.2, -0.15) is 5.26 Å². The molecule has 0 saturated heterocycles. The molecule has 1 aliphatic rings. The maximum atomic E-state index is 12.6. The third kappa shape index (κ3) is 2.74. The highest BCUT2D eigenvalue weighted by Gasteiger charge is 2.53. The number of alkyl carbamates (subject to hydrolysis) is 1. The van der Waals surface area contributed by atoms with Gasteiger partial charge in [0.1, 0.15) is 11.7 Å². The fourth-order valence-corrected chi connectivity index (χ4v) is 2.42. The number of non-ortho nitro benzene ring substituents is 1. The molecule has 0 aliphatic carbocycles. The number of carbonyl (C=O) groups is 2. The van der Waals surface area contributed by atoms with E-state index in [2.05, 4.69) is 5.32 Å². The van der Waals surface area contributed by atoms with Crippen molar-refractivity contribution in [1.82, 2.24) is 5.32 Å². The van der Waals surface area contributed by atoms with Gasteiger partial charge in [-0.15, -0.1) is 0 Å². The van der Waals surface area contributed by atoms with E-state index in [1.54, 1.807) is 26.8 Å². The van der Waals surface area contributed by atoms with Crippen molar-refractivity contribution < 1.29 is 19.2 Å². The van der Waals surface area contributed by atoms with Crippen LogP contribution in [0.3, 0.4) is 0 Å². The largest absolute Gasteiger partial charge is 0.444 e. The van der Waals surface area contributed by atoms with Crippen LogP contribution >= 0.6 is 0 Å². The van der Waals surface area contributed by atoms with Crippen LogP contribution in [-0.2, 0) is 15.1 Å². The Labute approximate surface area is 138 Å². The van der Waals surface area contributed by atoms with Gasteiger partial charge in [0, 0.05) is 24.7 Å². The van der Waals surface area contributed by atoms with Crippen LogP contribution in [0.1, 0.15) is 26.3 Å². The lowest BCUT2D eigenvalue weighted by Gasteiger charge is -2.25. The molecule has 1 aliphatic heterocycles. The molecule has 2 amide bonds. The van der Waals surface area contributed by atoms with Gasteiger partial charge in [0.05, 0.1) is 10.6 Å². The number of nitriles is 1. The van der Waals surface area contributed by atoms with Gasteiger partial charge in [-0.05, 0) is 26.8 Å². The fraction of sp³-hybridized carbons (Fsp3) is 0.400. The lowest BCUT2D eigenvalue weighted by Crippen LogP contribution is -2.52. The third-order valence-electron chi connectivity index (χ3n) is 3.44. The number of rotatable bonds is 2. The summed E-state index contributed by atoms with van der Waals surface area (Å²) in [7, 11) is 1.42. The average Bonchev–Trinajstić information content (AvgIpc) is 2.67. The van der Waals surface area contributed by atoms with Crippen molar-refractivity contribution in [2.45, 2.75) is 31.9 Å². The van der Waals surface area contributed by atoms with Gasteiger partial charge in [-0.25, -0.2) is 4.79 Å². The van der Waals surface area contributed by atoms with E-state index >= 15 is 0 Å². The maximum absolute atomic E-state index is 12.6. The Bertz CT molecular complexity index is 777. The van der Waals surface area contributed by atoms with Crippen LogP contribution < -0.4 is 10.2 Å². The number of ether oxygens (including phenoxy) is 1. The first-order valence-corrected chi connectivity index (χ1v) is 7.01. The fourth-order valence-electron chi connectivity index (χ4n) is 2.42. The van der Waals surface area contributed by atoms with Crippen LogP contribution in [0.4, 0.5) is 16.2 Å². The highest BCUT2D eigenvalue weighted by molar-refractivity contribution is 6.11. The summed E-state index contributed by atoms with van der Waals surface area (Å²) in [5.74, 6) is -0.716. The number of anilines is 1. The molecule has 0 saturated carbocycles. The zero-order chi connectivity index (χ0) is 18.3. The molecule has 0 radical (unpaired) electrons. The van der Waals surface area contributed by atoms with Crippen molar-refractivity contribution in [2.24, 2.45) is 0 Å². The first-order valence-electron chi connectivity index (χ1n) is 7.01. The number of fused-ring (bicyclic) bond motifs is 1. The molecule has 1 heterocycles. The predicted molar refractivity (Wildman–Crippen MR) is 83.2 cm³/mol. The van der Waals surface area contributed by atoms with Gasteiger partial charge in [0.2, 0.25) is 5.54 Å². The SMILES string of the molecule is CN1C(=O)[C@@](C#N)(NC(=O)OC(C)(C)C)c2cc([N+](=O)[O-])ccc21. The van der Waals surface area contributed by atoms with Crippen LogP contribution in [0.15, 0.2) is 18.2 Å². The van der Waals surface area contributed by atoms with Gasteiger partial charge >= 0.3 is 6.09 Å². The second-order valence-corrected chi connectivity index (χ2v) is 6.31. The zero-order valence-electron chi connectivity index (χ0n) is 13.6. The summed E-state index contributed by atoms with van der Waals surface area (Å²) in [6, 6.07) is 5.47. The van der Waals surface area contributed by atoms with Crippen molar-refractivity contribution in [3.8, 4) is 6.07 Å². The third-order valence-corrected chi connectivity index (χ3v) is 3.44. The molecule has 1 N–H and O–H groups in total. The number of nitro groups is 1. The van der Waals surface area contributed by atoms with Gasteiger partial charge < -0.3 is 9.64 Å². The van der Waals surface area contributed by atoms with E-state index < -0.39 is 28.1 Å². The van der Waals surface area contributed by atoms with Gasteiger partial charge in [-0.3, -0.25) is 20.2 Å². The van der Waals surface area contributed by atoms with Crippen LogP contribution in [0.25, 0.3) is 0 Å². The van der Waals surface area contributed by atoms with Crippen molar-refractivity contribution in [3.63, 3.8) is 0 Å². The van der Waals surface area contributed by atoms with E-state index in [0.29, 0.717) is 5.69 Å². The highest BCUT2D eigenvalue weighted by Crippen LogP contribution is 2.41. The summed E-state index contributed by atoms with van der Waals surface area (Å²) < 4.78 is 5.10. The maximum Gasteiger partial charge on any atom is 0.409 e. The minimum Gasteiger partial charge on any atom is -0.444 e. The van der Waals surface area contributed by atoms with Crippen LogP contribution in [0.2, 0.25) is 0 Å². The number of hydrogen-bond acceptors (Lipinski definition) is 6. The topological polar surface area (TPSA) is 126 Å². The van der Waals surface area contributed by atoms with E-state index in [1.165, 1.54) is 24.1 Å². The first kappa shape index (κ1) is 17.2. The van der Waals surface area contributed by atoms with E-state index in [0.717, 1.165) is 6.07 Å². The van der Waals surface area contributed by atoms with E-state index in [9.17, 15) is 25.0 Å². The van der Waals surface area contributed by atoms with Gasteiger partial charge in [0.25, 0.3) is 11.6 Å². The highest BCUT2D eigenvalue weighted by atomic mass is 16.6. The number of nitro benzene ring substituents is 1. The summed E-state index contributed by atoms with van der Waals surface area (Å²) >= 11 is 0. The van der Waals surface area contributed by atoms with Gasteiger partial charge in [0.15, 0.2) is 0 Å². The number of nitrogens with zero attached hydrogens (tertiary/aromatic N) is 3. The smallest absolute Gasteiger partial charge is 0.409 e. The number of carbonyl (C=O) groups excluding carboxylic acids is 2. The summed E-state index contributed by atoms with van der Waals surface area (Å²) in [5.41, 5.74) is -2.85. The van der Waals surface area contributed by atoms with Crippen LogP contribution in [0.5, 0.6) is 0 Å². The molecule has 2 rings (SSSR count). The van der Waals surface area contributed by atoms with Crippen molar-refractivity contribution in [3.05, 3.63) is 33.9 Å². The Morgan fingerprint density at radius 2 is 2.08 bits per heavy atom. The average molecular weight is 332 g/mol. The second kappa shape index (κ2) is 5.49. The van der Waals surface area contributed by atoms with Gasteiger partial charge in [-0.1, -0.05) is 0 Å². The molecule has 0 unspecified atom stereocenters. The summed E-state index contributed by atoms with van der Waals surface area (Å²) in [5, 5.41) is 22.8. The summed E-state index contributed by atoms with van der Waals surface area (Å²) in [6.45, 7) is 4.90.